The van der Waals surface area contributed by atoms with Gasteiger partial charge in [-0.25, -0.2) is 0 Å². The number of fused-ring (bicyclic) bond motifs is 7. The van der Waals surface area contributed by atoms with Crippen molar-refractivity contribution in [1.29, 1.82) is 0 Å². The summed E-state index contributed by atoms with van der Waals surface area (Å²) < 4.78 is 0. The average molecular weight is 483 g/mol. The van der Waals surface area contributed by atoms with Crippen LogP contribution in [0.25, 0.3) is 0 Å². The molecule has 0 heterocycles. The van der Waals surface area contributed by atoms with Gasteiger partial charge in [-0.1, -0.05) is 55.4 Å². The quantitative estimate of drug-likeness (QED) is 0.434. The molecule has 0 saturated heterocycles. The van der Waals surface area contributed by atoms with Crippen LogP contribution in [0.15, 0.2) is 11.1 Å². The highest BCUT2D eigenvalue weighted by atomic mass is 16.3. The van der Waals surface area contributed by atoms with Gasteiger partial charge in [0.2, 0.25) is 0 Å². The number of aliphatic hydroxyl groups is 1. The molecule has 0 bridgehead atoms. The fourth-order valence-electron chi connectivity index (χ4n) is 11.3. The summed E-state index contributed by atoms with van der Waals surface area (Å²) in [5.74, 6) is 2.87. The molecule has 3 nitrogen and oxygen atoms in total. The van der Waals surface area contributed by atoms with Crippen molar-refractivity contribution in [2.75, 3.05) is 0 Å². The third-order valence-electron chi connectivity index (χ3n) is 13.7. The Hall–Kier alpha value is -0.960. The molecule has 0 amide bonds. The van der Waals surface area contributed by atoms with Crippen LogP contribution in [-0.2, 0) is 9.59 Å². The van der Waals surface area contributed by atoms with E-state index in [-0.39, 0.29) is 22.5 Å². The molecule has 0 aromatic heterocycles. The predicted octanol–water partition coefficient (Wildman–Crippen LogP) is 7.16. The first-order valence-corrected chi connectivity index (χ1v) is 14.6. The molecule has 35 heavy (non-hydrogen) atoms. The van der Waals surface area contributed by atoms with Crippen LogP contribution in [0.2, 0.25) is 0 Å². The van der Waals surface area contributed by atoms with Crippen LogP contribution in [-0.4, -0.2) is 23.3 Å². The van der Waals surface area contributed by atoms with Crippen molar-refractivity contribution < 1.29 is 14.7 Å². The van der Waals surface area contributed by atoms with Crippen LogP contribution >= 0.6 is 0 Å². The number of ketones is 1. The zero-order valence-corrected chi connectivity index (χ0v) is 23.7. The lowest BCUT2D eigenvalue weighted by atomic mass is 9.32. The zero-order valence-electron chi connectivity index (χ0n) is 23.7. The van der Waals surface area contributed by atoms with Crippen LogP contribution in [0.5, 0.6) is 0 Å². The summed E-state index contributed by atoms with van der Waals surface area (Å²) in [5.41, 5.74) is 2.57. The summed E-state index contributed by atoms with van der Waals surface area (Å²) in [7, 11) is 0. The largest absolute Gasteiger partial charge is 0.385 e. The second-order valence-corrected chi connectivity index (χ2v) is 15.2. The Morgan fingerprint density at radius 1 is 0.886 bits per heavy atom. The van der Waals surface area contributed by atoms with Crippen LogP contribution in [0.3, 0.4) is 0 Å². The van der Waals surface area contributed by atoms with E-state index in [1.54, 1.807) is 0 Å². The Morgan fingerprint density at radius 2 is 1.57 bits per heavy atom. The van der Waals surface area contributed by atoms with Gasteiger partial charge in [0.1, 0.15) is 12.4 Å². The number of hydrogen-bond acceptors (Lipinski definition) is 3. The molecule has 3 heteroatoms. The molecule has 0 radical (unpaired) electrons. The van der Waals surface area contributed by atoms with E-state index in [0.29, 0.717) is 35.4 Å². The lowest BCUT2D eigenvalue weighted by Crippen LogP contribution is -2.65. The van der Waals surface area contributed by atoms with Crippen molar-refractivity contribution in [2.45, 2.75) is 119 Å². The Balaban J connectivity index is 1.62. The van der Waals surface area contributed by atoms with Crippen molar-refractivity contribution in [3.8, 4) is 0 Å². The SMILES string of the molecule is CC(C)C1=C2[C@H]3CC[C@@H]4[C@@]5(C)CC[C@H](C)C(C)(C)[C@@H]5CC[C@@]4(C)[C@]3(C)CC[C@@]2(C(O)C=O)CC1=O. The molecule has 5 rings (SSSR count). The van der Waals surface area contributed by atoms with E-state index in [0.717, 1.165) is 36.7 Å². The molecule has 0 spiro atoms. The number of aliphatic hydroxyl groups excluding tert-OH is 1. The number of allylic oxidation sites excluding steroid dienone is 1. The topological polar surface area (TPSA) is 54.4 Å². The normalized spacial score (nSPS) is 49.7. The van der Waals surface area contributed by atoms with Gasteiger partial charge >= 0.3 is 0 Å². The summed E-state index contributed by atoms with van der Waals surface area (Å²) in [6.07, 6.45) is 9.31. The summed E-state index contributed by atoms with van der Waals surface area (Å²) in [6.45, 7) is 19.6. The highest BCUT2D eigenvalue weighted by Gasteiger charge is 2.70. The molecule has 1 N–H and O–H groups in total. The Morgan fingerprint density at radius 3 is 2.20 bits per heavy atom. The average Bonchev–Trinajstić information content (AvgIpc) is 3.10. The summed E-state index contributed by atoms with van der Waals surface area (Å²) >= 11 is 0. The van der Waals surface area contributed by atoms with Crippen molar-refractivity contribution in [3.05, 3.63) is 11.1 Å². The van der Waals surface area contributed by atoms with E-state index < -0.39 is 11.5 Å². The smallest absolute Gasteiger partial charge is 0.160 e. The minimum atomic E-state index is -1.07. The molecule has 1 unspecified atom stereocenters. The first-order valence-electron chi connectivity index (χ1n) is 14.6. The fraction of sp³-hybridized carbons (Fsp3) is 0.875. The molecule has 9 atom stereocenters. The summed E-state index contributed by atoms with van der Waals surface area (Å²) in [6, 6.07) is 0. The summed E-state index contributed by atoms with van der Waals surface area (Å²) in [4.78, 5) is 25.4. The third kappa shape index (κ3) is 3.00. The maximum Gasteiger partial charge on any atom is 0.160 e. The van der Waals surface area contributed by atoms with Crippen LogP contribution < -0.4 is 0 Å². The van der Waals surface area contributed by atoms with Gasteiger partial charge in [-0.15, -0.1) is 0 Å². The second kappa shape index (κ2) is 7.78. The van der Waals surface area contributed by atoms with Crippen molar-refractivity contribution >= 4 is 12.1 Å². The molecule has 4 fully saturated rings. The fourth-order valence-corrected chi connectivity index (χ4v) is 11.3. The second-order valence-electron chi connectivity index (χ2n) is 15.2. The summed E-state index contributed by atoms with van der Waals surface area (Å²) in [5, 5.41) is 11.1. The molecule has 0 aliphatic heterocycles. The van der Waals surface area contributed by atoms with Crippen LogP contribution in [0.4, 0.5) is 0 Å². The van der Waals surface area contributed by atoms with Gasteiger partial charge in [0.25, 0.3) is 0 Å². The number of rotatable bonds is 3. The first-order chi connectivity index (χ1) is 16.2. The van der Waals surface area contributed by atoms with Crippen molar-refractivity contribution in [1.82, 2.24) is 0 Å². The van der Waals surface area contributed by atoms with E-state index in [2.05, 4.69) is 55.4 Å². The van der Waals surface area contributed by atoms with Crippen LogP contribution in [0.1, 0.15) is 113 Å². The van der Waals surface area contributed by atoms with Gasteiger partial charge in [-0.3, -0.25) is 4.79 Å². The molecule has 4 saturated carbocycles. The number of carbonyl (C=O) groups is 2. The van der Waals surface area contributed by atoms with E-state index >= 15 is 0 Å². The number of carbonyl (C=O) groups excluding carboxylic acids is 2. The Kier molecular flexibility index (Phi) is 5.71. The molecule has 5 aliphatic carbocycles. The molecule has 196 valence electrons. The molecule has 0 aromatic rings. The highest BCUT2D eigenvalue weighted by molar-refractivity contribution is 6.01. The van der Waals surface area contributed by atoms with Gasteiger partial charge in [0, 0.05) is 11.8 Å². The van der Waals surface area contributed by atoms with E-state index in [9.17, 15) is 14.7 Å². The predicted molar refractivity (Wildman–Crippen MR) is 141 cm³/mol. The standard InChI is InChI=1S/C32H50O3/c1-19(2)26-22(34)17-32(25(35)18-33)16-15-30(7)21(27(26)32)9-10-24-29(6)13-11-20(3)28(4,5)23(29)12-14-31(24,30)8/h18-21,23-25,35H,9-17H2,1-8H3/t20-,21+,23-,24+,25?,29-,30+,31+,32-/m0/s1. The van der Waals surface area contributed by atoms with Crippen LogP contribution in [0, 0.1) is 56.7 Å². The zero-order chi connectivity index (χ0) is 25.8. The van der Waals surface area contributed by atoms with Gasteiger partial charge in [0.15, 0.2) is 5.78 Å². The van der Waals surface area contributed by atoms with Gasteiger partial charge in [-0.05, 0) is 114 Å². The minimum Gasteiger partial charge on any atom is -0.385 e. The van der Waals surface area contributed by atoms with Crippen molar-refractivity contribution in [3.63, 3.8) is 0 Å². The Bertz CT molecular complexity index is 960. The van der Waals surface area contributed by atoms with E-state index in [1.165, 1.54) is 37.7 Å². The maximum atomic E-state index is 13.4. The molecular weight excluding hydrogens is 432 g/mol. The van der Waals surface area contributed by atoms with Crippen molar-refractivity contribution in [2.24, 2.45) is 56.7 Å². The number of aldehydes is 1. The number of Topliss-reactive ketones (excluding diaryl/α,β-unsaturated/α-hetero) is 1. The highest BCUT2D eigenvalue weighted by Crippen LogP contribution is 2.77. The number of hydrogen-bond donors (Lipinski definition) is 1. The Labute approximate surface area is 213 Å². The lowest BCUT2D eigenvalue weighted by Gasteiger charge is -2.72. The molecule has 0 aromatic carbocycles. The first kappa shape index (κ1) is 25.7. The van der Waals surface area contributed by atoms with E-state index in [1.807, 2.05) is 0 Å². The minimum absolute atomic E-state index is 0.100. The maximum absolute atomic E-state index is 13.4. The van der Waals surface area contributed by atoms with Gasteiger partial charge in [0.05, 0.1) is 0 Å². The lowest BCUT2D eigenvalue weighted by molar-refractivity contribution is -0.221. The van der Waals surface area contributed by atoms with E-state index in [4.69, 9.17) is 0 Å². The molecular formula is C32H50O3. The van der Waals surface area contributed by atoms with Gasteiger partial charge in [-0.2, -0.15) is 0 Å². The monoisotopic (exact) mass is 482 g/mol. The van der Waals surface area contributed by atoms with Gasteiger partial charge < -0.3 is 9.90 Å². The molecule has 5 aliphatic rings. The third-order valence-corrected chi connectivity index (χ3v) is 13.7.